The lowest BCUT2D eigenvalue weighted by molar-refractivity contribution is -0.126. The van der Waals surface area contributed by atoms with E-state index in [1.165, 1.54) is 21.4 Å². The Morgan fingerprint density at radius 2 is 2.33 bits per heavy atom. The van der Waals surface area contributed by atoms with Gasteiger partial charge in [-0.05, 0) is 25.0 Å². The Morgan fingerprint density at radius 3 is 3.00 bits per heavy atom. The number of nitrogens with one attached hydrogen (secondary N) is 1. The number of aryl methyl sites for hydroxylation is 1. The maximum Gasteiger partial charge on any atom is 0.246 e. The summed E-state index contributed by atoms with van der Waals surface area (Å²) in [7, 11) is -1.95. The zero-order chi connectivity index (χ0) is 17.2. The van der Waals surface area contributed by atoms with Crippen LogP contribution in [0.3, 0.4) is 0 Å². The molecule has 1 aliphatic heterocycles. The molecule has 24 heavy (non-hydrogen) atoms. The predicted molar refractivity (Wildman–Crippen MR) is 85.2 cm³/mol. The number of aromatic nitrogens is 2. The second-order valence-corrected chi connectivity index (χ2v) is 7.79. The van der Waals surface area contributed by atoms with Crippen molar-refractivity contribution < 1.29 is 17.6 Å². The van der Waals surface area contributed by atoms with Crippen molar-refractivity contribution in [3.05, 3.63) is 36.5 Å². The summed E-state index contributed by atoms with van der Waals surface area (Å²) in [5.74, 6) is 0.150. The summed E-state index contributed by atoms with van der Waals surface area (Å²) in [4.78, 5) is 12.5. The van der Waals surface area contributed by atoms with Gasteiger partial charge < -0.3 is 9.73 Å². The van der Waals surface area contributed by atoms with E-state index >= 15 is 0 Å². The Hall–Kier alpha value is -2.13. The fourth-order valence-corrected chi connectivity index (χ4v) is 4.30. The first-order valence-electron chi connectivity index (χ1n) is 7.76. The van der Waals surface area contributed by atoms with Crippen molar-refractivity contribution in [2.24, 2.45) is 13.0 Å². The summed E-state index contributed by atoms with van der Waals surface area (Å²) in [6.07, 6.45) is 5.66. The second-order valence-electron chi connectivity index (χ2n) is 5.85. The number of piperidine rings is 1. The molecule has 3 heterocycles. The number of hydrogen-bond donors (Lipinski definition) is 1. The molecule has 0 aromatic carbocycles. The molecule has 1 amide bonds. The number of hydrogen-bond acceptors (Lipinski definition) is 5. The third-order valence-electron chi connectivity index (χ3n) is 4.09. The first-order chi connectivity index (χ1) is 11.5. The van der Waals surface area contributed by atoms with Gasteiger partial charge in [-0.25, -0.2) is 8.42 Å². The first kappa shape index (κ1) is 16.7. The molecule has 1 saturated heterocycles. The largest absolute Gasteiger partial charge is 0.467 e. The quantitative estimate of drug-likeness (QED) is 0.855. The van der Waals surface area contributed by atoms with Gasteiger partial charge in [0.05, 0.1) is 24.9 Å². The first-order valence-corrected chi connectivity index (χ1v) is 9.20. The number of nitrogens with zero attached hydrogens (tertiary/aromatic N) is 3. The number of furan rings is 1. The monoisotopic (exact) mass is 352 g/mol. The molecule has 0 aliphatic carbocycles. The topological polar surface area (TPSA) is 97.4 Å². The molecule has 0 bridgehead atoms. The molecule has 0 spiro atoms. The molecular formula is C15H20N4O4S. The van der Waals surface area contributed by atoms with Crippen LogP contribution in [0.2, 0.25) is 0 Å². The van der Waals surface area contributed by atoms with Crippen molar-refractivity contribution in [1.82, 2.24) is 19.4 Å². The van der Waals surface area contributed by atoms with Crippen molar-refractivity contribution in [2.45, 2.75) is 24.3 Å². The van der Waals surface area contributed by atoms with Crippen molar-refractivity contribution in [1.29, 1.82) is 0 Å². The van der Waals surface area contributed by atoms with Crippen LogP contribution >= 0.6 is 0 Å². The zero-order valence-electron chi connectivity index (χ0n) is 13.4. The van der Waals surface area contributed by atoms with Gasteiger partial charge in [0.1, 0.15) is 10.7 Å². The van der Waals surface area contributed by atoms with E-state index in [-0.39, 0.29) is 23.3 Å². The van der Waals surface area contributed by atoms with Crippen LogP contribution in [0.15, 0.2) is 40.1 Å². The predicted octanol–water partition coefficient (Wildman–Crippen LogP) is 0.730. The third-order valence-corrected chi connectivity index (χ3v) is 5.91. The van der Waals surface area contributed by atoms with Crippen LogP contribution in [0.1, 0.15) is 18.6 Å². The number of carbonyl (C=O) groups is 1. The fraction of sp³-hybridized carbons (Fsp3) is 0.467. The van der Waals surface area contributed by atoms with Crippen LogP contribution in [-0.4, -0.2) is 41.5 Å². The summed E-state index contributed by atoms with van der Waals surface area (Å²) >= 11 is 0. The van der Waals surface area contributed by atoms with Crippen molar-refractivity contribution in [3.8, 4) is 0 Å². The van der Waals surface area contributed by atoms with E-state index in [0.717, 1.165) is 0 Å². The molecule has 2 aromatic rings. The third kappa shape index (κ3) is 3.51. The van der Waals surface area contributed by atoms with Crippen LogP contribution in [-0.2, 0) is 28.4 Å². The van der Waals surface area contributed by atoms with Gasteiger partial charge in [0.25, 0.3) is 0 Å². The second kappa shape index (κ2) is 6.78. The molecule has 1 unspecified atom stereocenters. The van der Waals surface area contributed by atoms with Crippen LogP contribution in [0.4, 0.5) is 0 Å². The molecule has 1 aliphatic rings. The Morgan fingerprint density at radius 1 is 1.50 bits per heavy atom. The maximum absolute atomic E-state index is 12.6. The molecule has 130 valence electrons. The SMILES string of the molecule is Cn1cc(S(=O)(=O)N2CCCC(C(=O)NCc3ccco3)C2)cn1. The van der Waals surface area contributed by atoms with E-state index in [1.54, 1.807) is 25.4 Å². The minimum absolute atomic E-state index is 0.154. The lowest BCUT2D eigenvalue weighted by Gasteiger charge is -2.30. The Bertz CT molecular complexity index is 797. The molecule has 0 radical (unpaired) electrons. The standard InChI is InChI=1S/C15H20N4O4S/c1-18-11-14(9-17-18)24(21,22)19-6-2-4-12(10-19)15(20)16-8-13-5-3-7-23-13/h3,5,7,9,11-12H,2,4,6,8,10H2,1H3,(H,16,20). The molecule has 3 rings (SSSR count). The Balaban J connectivity index is 1.64. The highest BCUT2D eigenvalue weighted by molar-refractivity contribution is 7.89. The molecule has 8 nitrogen and oxygen atoms in total. The van der Waals surface area contributed by atoms with Crippen molar-refractivity contribution >= 4 is 15.9 Å². The van der Waals surface area contributed by atoms with Gasteiger partial charge in [0.2, 0.25) is 15.9 Å². The summed E-state index contributed by atoms with van der Waals surface area (Å²) in [6.45, 7) is 0.901. The van der Waals surface area contributed by atoms with E-state index in [4.69, 9.17) is 4.42 Å². The van der Waals surface area contributed by atoms with E-state index in [0.29, 0.717) is 31.7 Å². The van der Waals surface area contributed by atoms with Crippen molar-refractivity contribution in [2.75, 3.05) is 13.1 Å². The van der Waals surface area contributed by atoms with Gasteiger partial charge in [0.15, 0.2) is 0 Å². The number of amides is 1. The van der Waals surface area contributed by atoms with E-state index in [2.05, 4.69) is 10.4 Å². The smallest absolute Gasteiger partial charge is 0.246 e. The molecular weight excluding hydrogens is 332 g/mol. The molecule has 2 aromatic heterocycles. The minimum Gasteiger partial charge on any atom is -0.467 e. The van der Waals surface area contributed by atoms with Crippen molar-refractivity contribution in [3.63, 3.8) is 0 Å². The average molecular weight is 352 g/mol. The van der Waals surface area contributed by atoms with Crippen LogP contribution in [0.5, 0.6) is 0 Å². The highest BCUT2D eigenvalue weighted by Crippen LogP contribution is 2.23. The molecule has 9 heteroatoms. The normalized spacial score (nSPS) is 19.3. The molecule has 1 fully saturated rings. The minimum atomic E-state index is -3.61. The van der Waals surface area contributed by atoms with Gasteiger partial charge in [0, 0.05) is 26.3 Å². The van der Waals surface area contributed by atoms with Gasteiger partial charge in [-0.3, -0.25) is 9.48 Å². The Labute approximate surface area is 140 Å². The highest BCUT2D eigenvalue weighted by atomic mass is 32.2. The molecule has 0 saturated carbocycles. The number of sulfonamides is 1. The lowest BCUT2D eigenvalue weighted by Crippen LogP contribution is -2.45. The molecule has 1 atom stereocenters. The summed E-state index contributed by atoms with van der Waals surface area (Å²) < 4.78 is 33.3. The van der Waals surface area contributed by atoms with E-state index in [1.807, 2.05) is 0 Å². The van der Waals surface area contributed by atoms with Crippen LogP contribution in [0, 0.1) is 5.92 Å². The average Bonchev–Trinajstić information content (AvgIpc) is 3.24. The maximum atomic E-state index is 12.6. The van der Waals surface area contributed by atoms with Crippen LogP contribution < -0.4 is 5.32 Å². The lowest BCUT2D eigenvalue weighted by atomic mass is 9.99. The zero-order valence-corrected chi connectivity index (χ0v) is 14.2. The van der Waals surface area contributed by atoms with Gasteiger partial charge in [-0.2, -0.15) is 9.40 Å². The number of rotatable bonds is 5. The Kier molecular flexibility index (Phi) is 4.72. The summed E-state index contributed by atoms with van der Waals surface area (Å²) in [5.41, 5.74) is 0. The highest BCUT2D eigenvalue weighted by Gasteiger charge is 2.33. The number of carbonyl (C=O) groups excluding carboxylic acids is 1. The van der Waals surface area contributed by atoms with Gasteiger partial charge >= 0.3 is 0 Å². The van der Waals surface area contributed by atoms with Crippen LogP contribution in [0.25, 0.3) is 0 Å². The molecule has 1 N–H and O–H groups in total. The summed E-state index contributed by atoms with van der Waals surface area (Å²) in [6, 6.07) is 3.53. The van der Waals surface area contributed by atoms with E-state index in [9.17, 15) is 13.2 Å². The van der Waals surface area contributed by atoms with E-state index < -0.39 is 10.0 Å². The van der Waals surface area contributed by atoms with Gasteiger partial charge in [-0.1, -0.05) is 0 Å². The summed E-state index contributed by atoms with van der Waals surface area (Å²) in [5, 5.41) is 6.71. The van der Waals surface area contributed by atoms with Gasteiger partial charge in [-0.15, -0.1) is 0 Å². The fourth-order valence-electron chi connectivity index (χ4n) is 2.79.